The predicted octanol–water partition coefficient (Wildman–Crippen LogP) is 6.05. The second-order valence-corrected chi connectivity index (χ2v) is 7.54. The van der Waals surface area contributed by atoms with Gasteiger partial charge in [0.2, 0.25) is 0 Å². The molecule has 2 aromatic carbocycles. The summed E-state index contributed by atoms with van der Waals surface area (Å²) in [5.41, 5.74) is 2.35. The third-order valence-electron chi connectivity index (χ3n) is 3.92. The summed E-state index contributed by atoms with van der Waals surface area (Å²) >= 11 is 7.64. The van der Waals surface area contributed by atoms with Gasteiger partial charge in [-0.25, -0.2) is 4.98 Å². The van der Waals surface area contributed by atoms with Gasteiger partial charge in [-0.05, 0) is 12.1 Å². The first-order chi connectivity index (χ1) is 13.5. The van der Waals surface area contributed by atoms with Crippen LogP contribution in [0.15, 0.2) is 60.0 Å². The maximum Gasteiger partial charge on any atom is 0.313 e. The van der Waals surface area contributed by atoms with Crippen LogP contribution in [0.5, 0.6) is 0 Å². The summed E-state index contributed by atoms with van der Waals surface area (Å²) in [6, 6.07) is 18.8. The maximum atomic E-state index is 12.3. The molecule has 0 saturated heterocycles. The van der Waals surface area contributed by atoms with Gasteiger partial charge in [-0.2, -0.15) is 5.26 Å². The molecule has 0 atom stereocenters. The summed E-state index contributed by atoms with van der Waals surface area (Å²) in [5, 5.41) is 12.6. The van der Waals surface area contributed by atoms with E-state index in [9.17, 15) is 10.1 Å². The molecular formula is C22H17ClN2O2S. The fraction of sp³-hybridized carbons (Fsp3) is 0.136. The normalized spacial score (nSPS) is 11.7. The Morgan fingerprint density at radius 2 is 1.82 bits per heavy atom. The van der Waals surface area contributed by atoms with Gasteiger partial charge in [0.05, 0.1) is 16.6 Å². The Morgan fingerprint density at radius 3 is 2.46 bits per heavy atom. The van der Waals surface area contributed by atoms with E-state index in [0.29, 0.717) is 15.6 Å². The Kier molecular flexibility index (Phi) is 6.25. The van der Waals surface area contributed by atoms with Crippen molar-refractivity contribution in [3.8, 4) is 17.3 Å². The fourth-order valence-corrected chi connectivity index (χ4v) is 3.47. The number of hydrogen-bond acceptors (Lipinski definition) is 5. The summed E-state index contributed by atoms with van der Waals surface area (Å²) in [6.45, 7) is 3.46. The third kappa shape index (κ3) is 4.30. The molecule has 1 aromatic heterocycles. The molecule has 3 aromatic rings. The molecule has 0 saturated carbocycles. The van der Waals surface area contributed by atoms with E-state index in [1.54, 1.807) is 38.1 Å². The molecule has 0 N–H and O–H groups in total. The van der Waals surface area contributed by atoms with Crippen LogP contribution in [0.3, 0.4) is 0 Å². The zero-order valence-electron chi connectivity index (χ0n) is 15.3. The monoisotopic (exact) mass is 408 g/mol. The van der Waals surface area contributed by atoms with Crippen LogP contribution in [0.2, 0.25) is 5.02 Å². The molecule has 0 spiro atoms. The molecule has 0 aliphatic rings. The van der Waals surface area contributed by atoms with Gasteiger partial charge in [0.15, 0.2) is 5.76 Å². The molecule has 0 amide bonds. The Hall–Kier alpha value is -2.94. The number of allylic oxidation sites excluding steroid dienone is 1. The largest absolute Gasteiger partial charge is 0.424 e. The third-order valence-corrected chi connectivity index (χ3v) is 5.11. The van der Waals surface area contributed by atoms with E-state index in [1.165, 1.54) is 11.3 Å². The number of benzene rings is 2. The van der Waals surface area contributed by atoms with E-state index in [2.05, 4.69) is 11.1 Å². The second-order valence-electron chi connectivity index (χ2n) is 6.28. The second kappa shape index (κ2) is 8.83. The number of halogens is 1. The average molecular weight is 409 g/mol. The van der Waals surface area contributed by atoms with Gasteiger partial charge in [-0.15, -0.1) is 11.3 Å². The topological polar surface area (TPSA) is 63.0 Å². The van der Waals surface area contributed by atoms with Crippen molar-refractivity contribution >= 4 is 40.2 Å². The van der Waals surface area contributed by atoms with E-state index in [0.717, 1.165) is 11.3 Å². The van der Waals surface area contributed by atoms with Crippen molar-refractivity contribution in [1.29, 1.82) is 5.26 Å². The number of ether oxygens (including phenoxy) is 1. The lowest BCUT2D eigenvalue weighted by molar-refractivity contribution is -0.140. The molecule has 0 bridgehead atoms. The molecule has 28 heavy (non-hydrogen) atoms. The van der Waals surface area contributed by atoms with Crippen molar-refractivity contribution in [2.24, 2.45) is 5.92 Å². The highest BCUT2D eigenvalue weighted by atomic mass is 35.5. The first-order valence-electron chi connectivity index (χ1n) is 8.63. The fourth-order valence-electron chi connectivity index (χ4n) is 2.43. The van der Waals surface area contributed by atoms with Gasteiger partial charge in [0, 0.05) is 16.5 Å². The van der Waals surface area contributed by atoms with E-state index < -0.39 is 5.97 Å². The van der Waals surface area contributed by atoms with Crippen LogP contribution in [0.25, 0.3) is 22.6 Å². The van der Waals surface area contributed by atoms with E-state index in [-0.39, 0.29) is 17.3 Å². The Bertz CT molecular complexity index is 1070. The lowest BCUT2D eigenvalue weighted by atomic mass is 10.1. The zero-order chi connectivity index (χ0) is 20.1. The lowest BCUT2D eigenvalue weighted by Crippen LogP contribution is -2.12. The molecule has 3 rings (SSSR count). The highest BCUT2D eigenvalue weighted by Gasteiger charge is 2.22. The van der Waals surface area contributed by atoms with Crippen LogP contribution >= 0.6 is 22.9 Å². The minimum Gasteiger partial charge on any atom is -0.424 e. The van der Waals surface area contributed by atoms with Crippen LogP contribution in [0.1, 0.15) is 24.4 Å². The minimum atomic E-state index is -0.442. The molecule has 4 nitrogen and oxygen atoms in total. The molecule has 0 fully saturated rings. The number of aromatic nitrogens is 1. The van der Waals surface area contributed by atoms with E-state index >= 15 is 0 Å². The quantitative estimate of drug-likeness (QED) is 0.292. The van der Waals surface area contributed by atoms with Crippen molar-refractivity contribution in [3.63, 3.8) is 0 Å². The van der Waals surface area contributed by atoms with Crippen LogP contribution in [-0.4, -0.2) is 11.0 Å². The maximum absolute atomic E-state index is 12.3. The van der Waals surface area contributed by atoms with Crippen molar-refractivity contribution in [2.45, 2.75) is 13.8 Å². The number of hydrogen-bond donors (Lipinski definition) is 0. The number of esters is 1. The van der Waals surface area contributed by atoms with Gasteiger partial charge in [-0.1, -0.05) is 67.9 Å². The SMILES string of the molecule is CC(C)C(=O)OC(=C(C#N)c1nc(-c2ccccc2)cs1)c1ccccc1Cl. The minimum absolute atomic E-state index is 0.126. The van der Waals surface area contributed by atoms with Gasteiger partial charge in [-0.3, -0.25) is 4.79 Å². The molecule has 0 radical (unpaired) electrons. The summed E-state index contributed by atoms with van der Waals surface area (Å²) < 4.78 is 5.60. The highest BCUT2D eigenvalue weighted by molar-refractivity contribution is 7.11. The molecule has 140 valence electrons. The van der Waals surface area contributed by atoms with Crippen molar-refractivity contribution in [3.05, 3.63) is 75.6 Å². The summed E-state index contributed by atoms with van der Waals surface area (Å²) in [7, 11) is 0. The number of nitrogens with zero attached hydrogens (tertiary/aromatic N) is 2. The molecule has 0 aliphatic carbocycles. The number of carbonyl (C=O) groups is 1. The van der Waals surface area contributed by atoms with E-state index in [1.807, 2.05) is 35.7 Å². The molecule has 0 unspecified atom stereocenters. The molecular weight excluding hydrogens is 392 g/mol. The van der Waals surface area contributed by atoms with Gasteiger partial charge < -0.3 is 4.74 Å². The number of carbonyl (C=O) groups excluding carboxylic acids is 1. The summed E-state index contributed by atoms with van der Waals surface area (Å²) in [6.07, 6.45) is 0. The zero-order valence-corrected chi connectivity index (χ0v) is 16.9. The Labute approximate surface area is 172 Å². The molecule has 0 aliphatic heterocycles. The highest BCUT2D eigenvalue weighted by Crippen LogP contribution is 2.34. The van der Waals surface area contributed by atoms with Crippen LogP contribution in [0, 0.1) is 17.2 Å². The standard InChI is InChI=1S/C22H17ClN2O2S/c1-14(2)22(26)27-20(16-10-6-7-11-18(16)23)17(12-24)21-25-19(13-28-21)15-8-4-3-5-9-15/h3-11,13-14H,1-2H3. The predicted molar refractivity (Wildman–Crippen MR) is 112 cm³/mol. The van der Waals surface area contributed by atoms with Crippen LogP contribution in [-0.2, 0) is 9.53 Å². The lowest BCUT2D eigenvalue weighted by Gasteiger charge is -2.13. The smallest absolute Gasteiger partial charge is 0.313 e. The van der Waals surface area contributed by atoms with Crippen molar-refractivity contribution in [2.75, 3.05) is 0 Å². The number of nitriles is 1. The van der Waals surface area contributed by atoms with Gasteiger partial charge in [0.1, 0.15) is 16.6 Å². The van der Waals surface area contributed by atoms with E-state index in [4.69, 9.17) is 16.3 Å². The number of thiazole rings is 1. The van der Waals surface area contributed by atoms with Crippen LogP contribution in [0.4, 0.5) is 0 Å². The average Bonchev–Trinajstić information content (AvgIpc) is 3.18. The number of rotatable bonds is 5. The Morgan fingerprint density at radius 1 is 1.14 bits per heavy atom. The first-order valence-corrected chi connectivity index (χ1v) is 9.89. The molecule has 6 heteroatoms. The molecule has 1 heterocycles. The van der Waals surface area contributed by atoms with Gasteiger partial charge >= 0.3 is 5.97 Å². The van der Waals surface area contributed by atoms with Crippen molar-refractivity contribution < 1.29 is 9.53 Å². The summed E-state index contributed by atoms with van der Waals surface area (Å²) in [5.74, 6) is -0.670. The Balaban J connectivity index is 2.14. The van der Waals surface area contributed by atoms with Crippen LogP contribution < -0.4 is 0 Å². The van der Waals surface area contributed by atoms with Gasteiger partial charge in [0.25, 0.3) is 0 Å². The van der Waals surface area contributed by atoms with Crippen molar-refractivity contribution in [1.82, 2.24) is 4.98 Å². The summed E-state index contributed by atoms with van der Waals surface area (Å²) in [4.78, 5) is 16.9. The first kappa shape index (κ1) is 19.8.